The summed E-state index contributed by atoms with van der Waals surface area (Å²) in [6, 6.07) is 14.9. The Bertz CT molecular complexity index is 774. The zero-order valence-electron chi connectivity index (χ0n) is 11.3. The van der Waals surface area contributed by atoms with Crippen molar-refractivity contribution in [2.24, 2.45) is 5.73 Å². The summed E-state index contributed by atoms with van der Waals surface area (Å²) in [5, 5.41) is 9.89. The SMILES string of the molecule is N[C@@H](Cc1ccc(-c2ccc3ccoc3c2)cc1)C(=O)O. The van der Waals surface area contributed by atoms with Crippen molar-refractivity contribution in [3.8, 4) is 11.1 Å². The molecule has 0 aliphatic carbocycles. The molecule has 3 rings (SSSR count). The van der Waals surface area contributed by atoms with Gasteiger partial charge in [0.25, 0.3) is 0 Å². The van der Waals surface area contributed by atoms with Crippen molar-refractivity contribution in [1.29, 1.82) is 0 Å². The number of benzene rings is 2. The first-order chi connectivity index (χ1) is 10.1. The first kappa shape index (κ1) is 13.4. The summed E-state index contributed by atoms with van der Waals surface area (Å²) in [6.45, 7) is 0. The van der Waals surface area contributed by atoms with Crippen LogP contribution in [0.5, 0.6) is 0 Å². The van der Waals surface area contributed by atoms with Gasteiger partial charge in [-0.05, 0) is 35.2 Å². The second-order valence-corrected chi connectivity index (χ2v) is 5.02. The van der Waals surface area contributed by atoms with Gasteiger partial charge in [-0.2, -0.15) is 0 Å². The maximum absolute atomic E-state index is 10.8. The van der Waals surface area contributed by atoms with E-state index in [0.717, 1.165) is 27.7 Å². The van der Waals surface area contributed by atoms with Crippen LogP contribution in [0.25, 0.3) is 22.1 Å². The third kappa shape index (κ3) is 2.80. The average molecular weight is 281 g/mol. The molecule has 0 amide bonds. The zero-order valence-corrected chi connectivity index (χ0v) is 11.3. The summed E-state index contributed by atoms with van der Waals surface area (Å²) < 4.78 is 5.40. The molecule has 0 bridgehead atoms. The van der Waals surface area contributed by atoms with Gasteiger partial charge in [0.1, 0.15) is 11.6 Å². The second-order valence-electron chi connectivity index (χ2n) is 5.02. The molecular formula is C17H15NO3. The number of carboxylic acids is 1. The maximum Gasteiger partial charge on any atom is 0.320 e. The summed E-state index contributed by atoms with van der Waals surface area (Å²) >= 11 is 0. The lowest BCUT2D eigenvalue weighted by Gasteiger charge is -2.07. The first-order valence-electron chi connectivity index (χ1n) is 6.68. The fourth-order valence-corrected chi connectivity index (χ4v) is 2.31. The highest BCUT2D eigenvalue weighted by Crippen LogP contribution is 2.25. The highest BCUT2D eigenvalue weighted by atomic mass is 16.4. The Hall–Kier alpha value is -2.59. The van der Waals surface area contributed by atoms with Crippen LogP contribution in [0.1, 0.15) is 5.56 Å². The number of carbonyl (C=O) groups is 1. The van der Waals surface area contributed by atoms with Crippen LogP contribution in [0.4, 0.5) is 0 Å². The lowest BCUT2D eigenvalue weighted by molar-refractivity contribution is -0.138. The van der Waals surface area contributed by atoms with Gasteiger partial charge >= 0.3 is 5.97 Å². The van der Waals surface area contributed by atoms with Crippen molar-refractivity contribution in [3.63, 3.8) is 0 Å². The van der Waals surface area contributed by atoms with Gasteiger partial charge in [0.15, 0.2) is 0 Å². The van der Waals surface area contributed by atoms with E-state index in [2.05, 4.69) is 0 Å². The molecule has 2 aromatic carbocycles. The molecule has 4 heteroatoms. The molecular weight excluding hydrogens is 266 g/mol. The van der Waals surface area contributed by atoms with Gasteiger partial charge in [-0.3, -0.25) is 4.79 Å². The number of carboxylic acid groups (broad SMARTS) is 1. The topological polar surface area (TPSA) is 76.5 Å². The highest BCUT2D eigenvalue weighted by Gasteiger charge is 2.12. The molecule has 3 aromatic rings. The second kappa shape index (κ2) is 5.42. The van der Waals surface area contributed by atoms with Gasteiger partial charge in [-0.15, -0.1) is 0 Å². The van der Waals surface area contributed by atoms with Crippen LogP contribution < -0.4 is 5.73 Å². The predicted molar refractivity (Wildman–Crippen MR) is 81.0 cm³/mol. The van der Waals surface area contributed by atoms with Crippen molar-refractivity contribution >= 4 is 16.9 Å². The standard InChI is InChI=1S/C17H15NO3/c18-15(17(19)20)9-11-1-3-12(4-2-11)14-6-5-13-7-8-21-16(13)10-14/h1-8,10,15H,9,18H2,(H,19,20)/t15-/m0/s1. The van der Waals surface area contributed by atoms with Crippen molar-refractivity contribution < 1.29 is 14.3 Å². The molecule has 0 spiro atoms. The predicted octanol–water partition coefficient (Wildman–Crippen LogP) is 3.05. The van der Waals surface area contributed by atoms with Crippen molar-refractivity contribution in [1.82, 2.24) is 0 Å². The van der Waals surface area contributed by atoms with E-state index in [9.17, 15) is 4.79 Å². The van der Waals surface area contributed by atoms with E-state index in [1.54, 1.807) is 6.26 Å². The molecule has 0 saturated carbocycles. The number of fused-ring (bicyclic) bond motifs is 1. The van der Waals surface area contributed by atoms with E-state index >= 15 is 0 Å². The third-order valence-electron chi connectivity index (χ3n) is 3.52. The van der Waals surface area contributed by atoms with Gasteiger partial charge in [0.2, 0.25) is 0 Å². The Morgan fingerprint density at radius 2 is 1.81 bits per heavy atom. The Labute approximate surface area is 121 Å². The monoisotopic (exact) mass is 281 g/mol. The van der Waals surface area contributed by atoms with Gasteiger partial charge in [-0.1, -0.05) is 36.4 Å². The molecule has 0 aliphatic heterocycles. The van der Waals surface area contributed by atoms with Crippen LogP contribution in [0.15, 0.2) is 59.2 Å². The minimum atomic E-state index is -0.984. The zero-order chi connectivity index (χ0) is 14.8. The molecule has 4 nitrogen and oxygen atoms in total. The van der Waals surface area contributed by atoms with Crippen LogP contribution in [0.3, 0.4) is 0 Å². The van der Waals surface area contributed by atoms with Crippen LogP contribution in [0.2, 0.25) is 0 Å². The first-order valence-corrected chi connectivity index (χ1v) is 6.68. The molecule has 3 N–H and O–H groups in total. The molecule has 0 aliphatic rings. The smallest absolute Gasteiger partial charge is 0.320 e. The molecule has 21 heavy (non-hydrogen) atoms. The molecule has 0 unspecified atom stereocenters. The molecule has 0 saturated heterocycles. The largest absolute Gasteiger partial charge is 0.480 e. The summed E-state index contributed by atoms with van der Waals surface area (Å²) in [6.07, 6.45) is 2.00. The van der Waals surface area contributed by atoms with Crippen LogP contribution in [-0.4, -0.2) is 17.1 Å². The molecule has 0 radical (unpaired) electrons. The van der Waals surface area contributed by atoms with Crippen molar-refractivity contribution in [2.45, 2.75) is 12.5 Å². The third-order valence-corrected chi connectivity index (χ3v) is 3.52. The van der Waals surface area contributed by atoms with Gasteiger partial charge < -0.3 is 15.3 Å². The average Bonchev–Trinajstić information content (AvgIpc) is 2.95. The highest BCUT2D eigenvalue weighted by molar-refractivity contribution is 5.83. The van der Waals surface area contributed by atoms with Crippen LogP contribution in [0, 0.1) is 0 Å². The number of furan rings is 1. The minimum Gasteiger partial charge on any atom is -0.480 e. The molecule has 0 fully saturated rings. The van der Waals surface area contributed by atoms with Crippen LogP contribution in [-0.2, 0) is 11.2 Å². The molecule has 106 valence electrons. The van der Waals surface area contributed by atoms with Crippen molar-refractivity contribution in [3.05, 3.63) is 60.4 Å². The van der Waals surface area contributed by atoms with Crippen LogP contribution >= 0.6 is 0 Å². The van der Waals surface area contributed by atoms with E-state index in [0.29, 0.717) is 6.42 Å². The van der Waals surface area contributed by atoms with Gasteiger partial charge in [0, 0.05) is 5.39 Å². The summed E-state index contributed by atoms with van der Waals surface area (Å²) in [5.41, 5.74) is 9.42. The Morgan fingerprint density at radius 1 is 1.10 bits per heavy atom. The molecule has 1 aromatic heterocycles. The van der Waals surface area contributed by atoms with Gasteiger partial charge in [-0.25, -0.2) is 0 Å². The van der Waals surface area contributed by atoms with E-state index in [-0.39, 0.29) is 0 Å². The number of hydrogen-bond acceptors (Lipinski definition) is 3. The number of hydrogen-bond donors (Lipinski definition) is 2. The van der Waals surface area contributed by atoms with E-state index < -0.39 is 12.0 Å². The Balaban J connectivity index is 1.84. The van der Waals surface area contributed by atoms with Crippen molar-refractivity contribution in [2.75, 3.05) is 0 Å². The Morgan fingerprint density at radius 3 is 2.52 bits per heavy atom. The quantitative estimate of drug-likeness (QED) is 0.770. The van der Waals surface area contributed by atoms with Gasteiger partial charge in [0.05, 0.1) is 6.26 Å². The molecule has 1 heterocycles. The minimum absolute atomic E-state index is 0.326. The lowest BCUT2D eigenvalue weighted by atomic mass is 10.0. The fourth-order valence-electron chi connectivity index (χ4n) is 2.31. The summed E-state index contributed by atoms with van der Waals surface area (Å²) in [5.74, 6) is -0.984. The number of nitrogens with two attached hydrogens (primary N) is 1. The van der Waals surface area contributed by atoms with E-state index in [1.165, 1.54) is 0 Å². The lowest BCUT2D eigenvalue weighted by Crippen LogP contribution is -2.32. The molecule has 1 atom stereocenters. The summed E-state index contributed by atoms with van der Waals surface area (Å²) in [4.78, 5) is 10.8. The van der Waals surface area contributed by atoms with E-state index in [1.807, 2.05) is 48.5 Å². The summed E-state index contributed by atoms with van der Waals surface area (Å²) in [7, 11) is 0. The van der Waals surface area contributed by atoms with E-state index in [4.69, 9.17) is 15.3 Å². The Kier molecular flexibility index (Phi) is 3.46. The normalized spacial score (nSPS) is 12.4. The number of aliphatic carboxylic acids is 1. The fraction of sp³-hybridized carbons (Fsp3) is 0.118. The number of rotatable bonds is 4. The maximum atomic E-state index is 10.8.